The zero-order valence-electron chi connectivity index (χ0n) is 18.6. The van der Waals surface area contributed by atoms with Crippen molar-refractivity contribution in [3.8, 4) is 5.75 Å². The van der Waals surface area contributed by atoms with Crippen LogP contribution in [0.25, 0.3) is 5.76 Å². The predicted octanol–water partition coefficient (Wildman–Crippen LogP) is 6.30. The maximum atomic E-state index is 13.4. The molecule has 1 fully saturated rings. The molecule has 1 atom stereocenters. The van der Waals surface area contributed by atoms with E-state index in [-0.39, 0.29) is 21.8 Å². The summed E-state index contributed by atoms with van der Waals surface area (Å²) in [5.41, 5.74) is -0.141. The smallest absolute Gasteiger partial charge is 0.416 e. The third-order valence-corrected chi connectivity index (χ3v) is 6.01. The van der Waals surface area contributed by atoms with Gasteiger partial charge in [-0.2, -0.15) is 13.2 Å². The summed E-state index contributed by atoms with van der Waals surface area (Å²) in [4.78, 5) is 27.4. The van der Waals surface area contributed by atoms with E-state index in [1.54, 1.807) is 37.3 Å². The number of aliphatic hydroxyl groups is 1. The van der Waals surface area contributed by atoms with E-state index in [4.69, 9.17) is 16.3 Å². The lowest BCUT2D eigenvalue weighted by atomic mass is 9.94. The summed E-state index contributed by atoms with van der Waals surface area (Å²) in [5, 5.41) is 11.3. The number of carbonyl (C=O) groups is 2. The Morgan fingerprint density at radius 1 is 1.03 bits per heavy atom. The van der Waals surface area contributed by atoms with Gasteiger partial charge in [-0.05, 0) is 48.9 Å². The first-order valence-electron chi connectivity index (χ1n) is 10.4. The Bertz CT molecular complexity index is 1370. The fourth-order valence-electron chi connectivity index (χ4n) is 4.04. The minimum atomic E-state index is -4.66. The number of Topliss-reactive ketones (excluding diaryl/α,β-unsaturated/α-hetero) is 1. The number of ether oxygens (including phenoxy) is 1. The molecule has 5 nitrogen and oxygen atoms in total. The molecule has 1 N–H and O–H groups in total. The Balaban J connectivity index is 1.99. The number of rotatable bonds is 4. The van der Waals surface area contributed by atoms with Crippen LogP contribution in [0.3, 0.4) is 0 Å². The predicted molar refractivity (Wildman–Crippen MR) is 125 cm³/mol. The number of aliphatic hydroxyl groups excluding tert-OH is 1. The second-order valence-electron chi connectivity index (χ2n) is 7.98. The molecule has 0 aromatic heterocycles. The van der Waals surface area contributed by atoms with Crippen molar-refractivity contribution in [3.05, 3.63) is 99.6 Å². The highest BCUT2D eigenvalue weighted by atomic mass is 35.5. The molecule has 1 aliphatic heterocycles. The summed E-state index contributed by atoms with van der Waals surface area (Å²) < 4.78 is 45.4. The minimum Gasteiger partial charge on any atom is -0.507 e. The first-order chi connectivity index (χ1) is 16.5. The van der Waals surface area contributed by atoms with Crippen LogP contribution < -0.4 is 9.64 Å². The SMILES string of the molecule is COc1ccc(Cl)c(/C(O)=C2\C(=O)C(=O)N(c3cccc(C(F)(F)F)c3)C2c2cccc(C)c2)c1. The lowest BCUT2D eigenvalue weighted by molar-refractivity contribution is -0.137. The maximum Gasteiger partial charge on any atom is 0.416 e. The van der Waals surface area contributed by atoms with Crippen molar-refractivity contribution in [1.82, 2.24) is 0 Å². The third-order valence-electron chi connectivity index (χ3n) is 5.68. The van der Waals surface area contributed by atoms with Crippen LogP contribution in [-0.2, 0) is 15.8 Å². The summed E-state index contributed by atoms with van der Waals surface area (Å²) in [6.45, 7) is 1.79. The van der Waals surface area contributed by atoms with Crippen LogP contribution in [0.4, 0.5) is 18.9 Å². The summed E-state index contributed by atoms with van der Waals surface area (Å²) >= 11 is 6.27. The van der Waals surface area contributed by atoms with Crippen LogP contribution >= 0.6 is 11.6 Å². The summed E-state index contributed by atoms with van der Waals surface area (Å²) in [7, 11) is 1.41. The van der Waals surface area contributed by atoms with Gasteiger partial charge in [0.15, 0.2) is 0 Å². The highest BCUT2D eigenvalue weighted by Crippen LogP contribution is 2.44. The third kappa shape index (κ3) is 4.49. The zero-order valence-corrected chi connectivity index (χ0v) is 19.3. The molecule has 1 unspecified atom stereocenters. The molecule has 35 heavy (non-hydrogen) atoms. The normalized spacial score (nSPS) is 17.7. The number of nitrogens with zero attached hydrogens (tertiary/aromatic N) is 1. The van der Waals surface area contributed by atoms with E-state index in [0.717, 1.165) is 28.7 Å². The van der Waals surface area contributed by atoms with Gasteiger partial charge in [-0.3, -0.25) is 14.5 Å². The van der Waals surface area contributed by atoms with Crippen LogP contribution in [0.2, 0.25) is 5.02 Å². The number of alkyl halides is 3. The molecule has 0 aliphatic carbocycles. The molecule has 3 aromatic rings. The molecule has 180 valence electrons. The Labute approximate surface area is 204 Å². The van der Waals surface area contributed by atoms with Crippen molar-refractivity contribution in [2.75, 3.05) is 12.0 Å². The Morgan fingerprint density at radius 3 is 2.40 bits per heavy atom. The molecule has 4 rings (SSSR count). The molecule has 9 heteroatoms. The number of benzene rings is 3. The van der Waals surface area contributed by atoms with Crippen LogP contribution in [0, 0.1) is 6.92 Å². The highest BCUT2D eigenvalue weighted by molar-refractivity contribution is 6.52. The van der Waals surface area contributed by atoms with Crippen LogP contribution in [-0.4, -0.2) is 23.9 Å². The van der Waals surface area contributed by atoms with E-state index in [1.807, 2.05) is 0 Å². The van der Waals surface area contributed by atoms with Crippen LogP contribution in [0.15, 0.2) is 72.3 Å². The summed E-state index contributed by atoms with van der Waals surface area (Å²) in [6.07, 6.45) is -4.66. The van der Waals surface area contributed by atoms with Gasteiger partial charge < -0.3 is 9.84 Å². The van der Waals surface area contributed by atoms with Gasteiger partial charge >= 0.3 is 6.18 Å². The number of anilines is 1. The van der Waals surface area contributed by atoms with Crippen molar-refractivity contribution >= 4 is 34.7 Å². The monoisotopic (exact) mass is 501 g/mol. The number of carbonyl (C=O) groups excluding carboxylic acids is 2. The van der Waals surface area contributed by atoms with Crippen molar-refractivity contribution in [3.63, 3.8) is 0 Å². The molecule has 0 bridgehead atoms. The standard InChI is InChI=1S/C26H19ClF3NO4/c1-14-5-3-6-15(11-14)22-21(23(32)19-13-18(35-2)9-10-20(19)27)24(33)25(34)31(22)17-8-4-7-16(12-17)26(28,29)30/h3-13,22,32H,1-2H3/b23-21+. The van der Waals surface area contributed by atoms with Gasteiger partial charge in [0.1, 0.15) is 11.5 Å². The lowest BCUT2D eigenvalue weighted by Crippen LogP contribution is -2.29. The topological polar surface area (TPSA) is 66.8 Å². The number of methoxy groups -OCH3 is 1. The molecule has 1 saturated heterocycles. The van der Waals surface area contributed by atoms with Gasteiger partial charge in [0.2, 0.25) is 0 Å². The maximum absolute atomic E-state index is 13.4. The first kappa shape index (κ1) is 24.3. The van der Waals surface area contributed by atoms with Crippen molar-refractivity contribution < 1.29 is 32.6 Å². The number of amides is 1. The molecule has 3 aromatic carbocycles. The van der Waals surface area contributed by atoms with E-state index in [0.29, 0.717) is 11.3 Å². The fraction of sp³-hybridized carbons (Fsp3) is 0.154. The van der Waals surface area contributed by atoms with Gasteiger partial charge in [-0.25, -0.2) is 0 Å². The van der Waals surface area contributed by atoms with E-state index in [9.17, 15) is 27.9 Å². The van der Waals surface area contributed by atoms with Gasteiger partial charge in [0.25, 0.3) is 11.7 Å². The first-order valence-corrected chi connectivity index (χ1v) is 10.8. The second-order valence-corrected chi connectivity index (χ2v) is 8.38. The van der Waals surface area contributed by atoms with E-state index in [1.165, 1.54) is 25.3 Å². The fourth-order valence-corrected chi connectivity index (χ4v) is 4.25. The molecule has 1 aliphatic rings. The molecular weight excluding hydrogens is 483 g/mol. The minimum absolute atomic E-state index is 0.0470. The number of ketones is 1. The average molecular weight is 502 g/mol. The number of hydrogen-bond donors (Lipinski definition) is 1. The molecule has 0 saturated carbocycles. The average Bonchev–Trinajstić information content (AvgIpc) is 3.09. The van der Waals surface area contributed by atoms with Crippen molar-refractivity contribution in [1.29, 1.82) is 0 Å². The molecule has 0 spiro atoms. The van der Waals surface area contributed by atoms with Crippen LogP contribution in [0.1, 0.15) is 28.3 Å². The van der Waals surface area contributed by atoms with E-state index < -0.39 is 35.2 Å². The molecule has 1 heterocycles. The van der Waals surface area contributed by atoms with Crippen molar-refractivity contribution in [2.45, 2.75) is 19.1 Å². The largest absolute Gasteiger partial charge is 0.507 e. The van der Waals surface area contributed by atoms with Crippen molar-refractivity contribution in [2.24, 2.45) is 0 Å². The number of aryl methyl sites for hydroxylation is 1. The summed E-state index contributed by atoms with van der Waals surface area (Å²) in [6, 6.07) is 14.2. The molecular formula is C26H19ClF3NO4. The zero-order chi connectivity index (χ0) is 25.5. The molecule has 0 radical (unpaired) electrons. The summed E-state index contributed by atoms with van der Waals surface area (Å²) in [5.74, 6) is -2.34. The van der Waals surface area contributed by atoms with E-state index in [2.05, 4.69) is 0 Å². The Hall–Kier alpha value is -3.78. The Morgan fingerprint density at radius 2 is 1.74 bits per heavy atom. The van der Waals surface area contributed by atoms with Crippen LogP contribution in [0.5, 0.6) is 5.75 Å². The lowest BCUT2D eigenvalue weighted by Gasteiger charge is -2.26. The Kier molecular flexibility index (Phi) is 6.34. The van der Waals surface area contributed by atoms with E-state index >= 15 is 0 Å². The molecule has 1 amide bonds. The quantitative estimate of drug-likeness (QED) is 0.259. The highest BCUT2D eigenvalue weighted by Gasteiger charge is 2.47. The van der Waals surface area contributed by atoms with Gasteiger partial charge in [-0.15, -0.1) is 0 Å². The van der Waals surface area contributed by atoms with Gasteiger partial charge in [0.05, 0.1) is 29.3 Å². The number of halogens is 4. The van der Waals surface area contributed by atoms with Gasteiger partial charge in [-0.1, -0.05) is 47.5 Å². The number of hydrogen-bond acceptors (Lipinski definition) is 4. The second kappa shape index (κ2) is 9.11. The van der Waals surface area contributed by atoms with Gasteiger partial charge in [0, 0.05) is 11.3 Å².